The Morgan fingerprint density at radius 3 is 2.87 bits per heavy atom. The van der Waals surface area contributed by atoms with Crippen molar-refractivity contribution in [2.45, 2.75) is 25.7 Å². The van der Waals surface area contributed by atoms with Gasteiger partial charge in [0.15, 0.2) is 0 Å². The molecular formula is C11H22N2O2. The van der Waals surface area contributed by atoms with Crippen LogP contribution < -0.4 is 10.6 Å². The number of hydrogen-bond acceptors (Lipinski definition) is 3. The summed E-state index contributed by atoms with van der Waals surface area (Å²) in [5.41, 5.74) is 0. The molecular weight excluding hydrogens is 192 g/mol. The van der Waals surface area contributed by atoms with E-state index in [1.54, 1.807) is 7.11 Å². The number of amides is 1. The van der Waals surface area contributed by atoms with Gasteiger partial charge in [0, 0.05) is 20.3 Å². The maximum absolute atomic E-state index is 11.3. The molecule has 4 nitrogen and oxygen atoms in total. The maximum Gasteiger partial charge on any atom is 0.233 e. The first-order valence-electron chi connectivity index (χ1n) is 5.79. The molecule has 0 unspecified atom stereocenters. The zero-order chi connectivity index (χ0) is 10.9. The van der Waals surface area contributed by atoms with Crippen molar-refractivity contribution in [2.24, 2.45) is 5.92 Å². The van der Waals surface area contributed by atoms with Gasteiger partial charge in [0.2, 0.25) is 5.91 Å². The highest BCUT2D eigenvalue weighted by Gasteiger charge is 2.20. The summed E-state index contributed by atoms with van der Waals surface area (Å²) in [4.78, 5) is 11.3. The van der Waals surface area contributed by atoms with Crippen LogP contribution >= 0.6 is 0 Å². The molecule has 0 radical (unpaired) electrons. The Balaban J connectivity index is 1.80. The minimum Gasteiger partial charge on any atom is -0.385 e. The van der Waals surface area contributed by atoms with Crippen molar-refractivity contribution in [3.8, 4) is 0 Å². The van der Waals surface area contributed by atoms with Gasteiger partial charge in [0.25, 0.3) is 0 Å². The van der Waals surface area contributed by atoms with Crippen molar-refractivity contribution in [3.05, 3.63) is 0 Å². The average molecular weight is 214 g/mol. The molecule has 1 aliphatic carbocycles. The SMILES string of the molecule is COCCCCNC(=O)CNCC1CC1. The summed E-state index contributed by atoms with van der Waals surface area (Å²) in [6.07, 6.45) is 4.64. The van der Waals surface area contributed by atoms with Crippen molar-refractivity contribution < 1.29 is 9.53 Å². The molecule has 1 amide bonds. The fourth-order valence-electron chi connectivity index (χ4n) is 1.37. The third kappa shape index (κ3) is 7.33. The van der Waals surface area contributed by atoms with Crippen molar-refractivity contribution in [2.75, 3.05) is 33.4 Å². The maximum atomic E-state index is 11.3. The predicted molar refractivity (Wildman–Crippen MR) is 59.7 cm³/mol. The van der Waals surface area contributed by atoms with Crippen molar-refractivity contribution >= 4 is 5.91 Å². The Morgan fingerprint density at radius 1 is 1.40 bits per heavy atom. The van der Waals surface area contributed by atoms with Crippen LogP contribution in [-0.4, -0.2) is 39.3 Å². The van der Waals surface area contributed by atoms with E-state index in [9.17, 15) is 4.79 Å². The van der Waals surface area contributed by atoms with Gasteiger partial charge in [-0.3, -0.25) is 4.79 Å². The number of carbonyl (C=O) groups is 1. The van der Waals surface area contributed by atoms with Gasteiger partial charge in [0.05, 0.1) is 6.54 Å². The van der Waals surface area contributed by atoms with Crippen LogP contribution in [0, 0.1) is 5.92 Å². The molecule has 0 atom stereocenters. The second kappa shape index (κ2) is 7.65. The average Bonchev–Trinajstić information content (AvgIpc) is 3.01. The quantitative estimate of drug-likeness (QED) is 0.550. The van der Waals surface area contributed by atoms with Crippen molar-refractivity contribution in [1.29, 1.82) is 0 Å². The summed E-state index contributed by atoms with van der Waals surface area (Å²) in [7, 11) is 1.69. The molecule has 0 spiro atoms. The highest BCUT2D eigenvalue weighted by Crippen LogP contribution is 2.27. The molecule has 15 heavy (non-hydrogen) atoms. The lowest BCUT2D eigenvalue weighted by Crippen LogP contribution is -2.35. The molecule has 1 saturated carbocycles. The van der Waals surface area contributed by atoms with E-state index < -0.39 is 0 Å². The monoisotopic (exact) mass is 214 g/mol. The summed E-state index contributed by atoms with van der Waals surface area (Å²) >= 11 is 0. The summed E-state index contributed by atoms with van der Waals surface area (Å²) < 4.78 is 4.92. The van der Waals surface area contributed by atoms with E-state index in [2.05, 4.69) is 10.6 Å². The Kier molecular flexibility index (Phi) is 6.36. The Labute approximate surface area is 91.8 Å². The van der Waals surface area contributed by atoms with Gasteiger partial charge in [-0.2, -0.15) is 0 Å². The summed E-state index contributed by atoms with van der Waals surface area (Å²) in [5, 5.41) is 6.04. The molecule has 1 fully saturated rings. The number of nitrogens with one attached hydrogen (secondary N) is 2. The molecule has 0 aromatic rings. The van der Waals surface area contributed by atoms with Gasteiger partial charge in [0.1, 0.15) is 0 Å². The minimum absolute atomic E-state index is 0.105. The van der Waals surface area contributed by atoms with Crippen LogP contribution in [-0.2, 0) is 9.53 Å². The third-order valence-corrected chi connectivity index (χ3v) is 2.51. The summed E-state index contributed by atoms with van der Waals surface area (Å²) in [6.45, 7) is 2.99. The van der Waals surface area contributed by atoms with Crippen LogP contribution in [0.3, 0.4) is 0 Å². The van der Waals surface area contributed by atoms with Crippen LogP contribution in [0.4, 0.5) is 0 Å². The van der Waals surface area contributed by atoms with Gasteiger partial charge in [-0.05, 0) is 38.1 Å². The fraction of sp³-hybridized carbons (Fsp3) is 0.909. The summed E-state index contributed by atoms with van der Waals surface area (Å²) in [5.74, 6) is 0.938. The van der Waals surface area contributed by atoms with E-state index >= 15 is 0 Å². The number of rotatable bonds is 9. The van der Waals surface area contributed by atoms with Crippen molar-refractivity contribution in [3.63, 3.8) is 0 Å². The zero-order valence-electron chi connectivity index (χ0n) is 9.55. The predicted octanol–water partition coefficient (Wildman–Crippen LogP) is 0.529. The van der Waals surface area contributed by atoms with E-state index in [0.717, 1.165) is 38.5 Å². The molecule has 0 bridgehead atoms. The Bertz CT molecular complexity index is 181. The lowest BCUT2D eigenvalue weighted by atomic mass is 10.3. The Hall–Kier alpha value is -0.610. The van der Waals surface area contributed by atoms with Gasteiger partial charge >= 0.3 is 0 Å². The second-order valence-electron chi connectivity index (χ2n) is 4.12. The van der Waals surface area contributed by atoms with Crippen LogP contribution in [0.2, 0.25) is 0 Å². The number of unbranched alkanes of at least 4 members (excludes halogenated alkanes) is 1. The first kappa shape index (κ1) is 12.5. The molecule has 0 aliphatic heterocycles. The van der Waals surface area contributed by atoms with E-state index in [1.807, 2.05) is 0 Å². The summed E-state index contributed by atoms with van der Waals surface area (Å²) in [6, 6.07) is 0. The van der Waals surface area contributed by atoms with Gasteiger partial charge in [-0.1, -0.05) is 0 Å². The van der Waals surface area contributed by atoms with E-state index in [0.29, 0.717) is 6.54 Å². The molecule has 1 rings (SSSR count). The standard InChI is InChI=1S/C11H22N2O2/c1-15-7-3-2-6-13-11(14)9-12-8-10-4-5-10/h10,12H,2-9H2,1H3,(H,13,14). The zero-order valence-corrected chi connectivity index (χ0v) is 9.55. The molecule has 0 saturated heterocycles. The number of carbonyl (C=O) groups excluding carboxylic acids is 1. The Morgan fingerprint density at radius 2 is 2.20 bits per heavy atom. The highest BCUT2D eigenvalue weighted by atomic mass is 16.5. The molecule has 88 valence electrons. The van der Waals surface area contributed by atoms with E-state index in [4.69, 9.17) is 4.74 Å². The minimum atomic E-state index is 0.105. The van der Waals surface area contributed by atoms with Crippen LogP contribution in [0.25, 0.3) is 0 Å². The number of methoxy groups -OCH3 is 1. The van der Waals surface area contributed by atoms with Crippen LogP contribution in [0.5, 0.6) is 0 Å². The second-order valence-corrected chi connectivity index (χ2v) is 4.12. The molecule has 0 aromatic carbocycles. The molecule has 0 heterocycles. The topological polar surface area (TPSA) is 50.4 Å². The van der Waals surface area contributed by atoms with Crippen LogP contribution in [0.1, 0.15) is 25.7 Å². The first-order valence-corrected chi connectivity index (χ1v) is 5.79. The number of hydrogen-bond donors (Lipinski definition) is 2. The van der Waals surface area contributed by atoms with E-state index in [1.165, 1.54) is 12.8 Å². The van der Waals surface area contributed by atoms with Crippen LogP contribution in [0.15, 0.2) is 0 Å². The number of ether oxygens (including phenoxy) is 1. The van der Waals surface area contributed by atoms with Gasteiger partial charge in [-0.15, -0.1) is 0 Å². The van der Waals surface area contributed by atoms with Crippen molar-refractivity contribution in [1.82, 2.24) is 10.6 Å². The smallest absolute Gasteiger partial charge is 0.233 e. The first-order chi connectivity index (χ1) is 7.33. The molecule has 0 aromatic heterocycles. The highest BCUT2D eigenvalue weighted by molar-refractivity contribution is 5.77. The third-order valence-electron chi connectivity index (χ3n) is 2.51. The van der Waals surface area contributed by atoms with Gasteiger partial charge in [-0.25, -0.2) is 0 Å². The normalized spacial score (nSPS) is 15.3. The largest absolute Gasteiger partial charge is 0.385 e. The van der Waals surface area contributed by atoms with Gasteiger partial charge < -0.3 is 15.4 Å². The lowest BCUT2D eigenvalue weighted by Gasteiger charge is -2.05. The molecule has 4 heteroatoms. The molecule has 1 aliphatic rings. The van der Waals surface area contributed by atoms with E-state index in [-0.39, 0.29) is 5.91 Å². The fourth-order valence-corrected chi connectivity index (χ4v) is 1.37. The molecule has 2 N–H and O–H groups in total. The lowest BCUT2D eigenvalue weighted by molar-refractivity contribution is -0.120.